The lowest BCUT2D eigenvalue weighted by molar-refractivity contribution is 0.322. The van der Waals surface area contributed by atoms with E-state index in [0.717, 1.165) is 23.0 Å². The highest BCUT2D eigenvalue weighted by Gasteiger charge is 2.07. The van der Waals surface area contributed by atoms with Crippen LogP contribution in [0.1, 0.15) is 16.0 Å². The third kappa shape index (κ3) is 3.95. The fourth-order valence-corrected chi connectivity index (χ4v) is 3.20. The molecule has 0 aliphatic rings. The van der Waals surface area contributed by atoms with Gasteiger partial charge in [-0.1, -0.05) is 29.3 Å². The van der Waals surface area contributed by atoms with Gasteiger partial charge in [0.15, 0.2) is 0 Å². The van der Waals surface area contributed by atoms with Crippen LogP contribution in [-0.4, -0.2) is 11.9 Å². The molecule has 0 fully saturated rings. The summed E-state index contributed by atoms with van der Waals surface area (Å²) in [5, 5.41) is 9.44. The van der Waals surface area contributed by atoms with Crippen LogP contribution in [-0.2, 0) is 13.1 Å². The maximum atomic E-state index is 8.80. The number of hydrogen-bond acceptors (Lipinski definition) is 3. The molecule has 0 saturated heterocycles. The molecule has 0 radical (unpaired) electrons. The lowest BCUT2D eigenvalue weighted by atomic mass is 10.1. The first-order valence-corrected chi connectivity index (χ1v) is 7.27. The minimum atomic E-state index is 0.585. The molecule has 1 aromatic carbocycles. The number of rotatable bonds is 4. The highest BCUT2D eigenvalue weighted by atomic mass is 35.5. The minimum absolute atomic E-state index is 0.585. The average molecular weight is 311 g/mol. The predicted molar refractivity (Wildman–Crippen MR) is 80.7 cm³/mol. The summed E-state index contributed by atoms with van der Waals surface area (Å²) in [6.45, 7) is 1.56. The van der Waals surface area contributed by atoms with Crippen molar-refractivity contribution in [2.45, 2.75) is 13.1 Å². The van der Waals surface area contributed by atoms with Crippen LogP contribution < -0.4 is 0 Å². The van der Waals surface area contributed by atoms with Crippen molar-refractivity contribution in [3.05, 3.63) is 55.7 Å². The summed E-state index contributed by atoms with van der Waals surface area (Å²) >= 11 is 13.7. The van der Waals surface area contributed by atoms with E-state index in [1.807, 2.05) is 25.2 Å². The first-order valence-electron chi connectivity index (χ1n) is 5.70. The molecule has 5 heteroatoms. The maximum Gasteiger partial charge on any atom is 0.0992 e. The van der Waals surface area contributed by atoms with Crippen molar-refractivity contribution < 1.29 is 0 Å². The van der Waals surface area contributed by atoms with Gasteiger partial charge in [-0.3, -0.25) is 4.90 Å². The maximum absolute atomic E-state index is 8.80. The fourth-order valence-electron chi connectivity index (χ4n) is 1.79. The van der Waals surface area contributed by atoms with Gasteiger partial charge in [0.05, 0.1) is 16.0 Å². The van der Waals surface area contributed by atoms with E-state index in [0.29, 0.717) is 10.6 Å². The molecular formula is C14H12Cl2N2S. The second-order valence-corrected chi connectivity index (χ2v) is 6.50. The molecule has 0 amide bonds. The Bertz CT molecular complexity index is 616. The standard InChI is InChI=1S/C14H12Cl2N2S/c1-18(9-12-4-5-14(16)19-12)8-11-3-2-10(7-17)6-13(11)15/h2-6H,8-9H2,1H3. The van der Waals surface area contributed by atoms with Crippen LogP contribution >= 0.6 is 34.5 Å². The fraction of sp³-hybridized carbons (Fsp3) is 0.214. The summed E-state index contributed by atoms with van der Waals surface area (Å²) in [5.41, 5.74) is 1.60. The molecule has 2 nitrogen and oxygen atoms in total. The van der Waals surface area contributed by atoms with Crippen LogP contribution in [0.5, 0.6) is 0 Å². The van der Waals surface area contributed by atoms with Gasteiger partial charge in [-0.25, -0.2) is 0 Å². The van der Waals surface area contributed by atoms with E-state index in [1.54, 1.807) is 23.5 Å². The van der Waals surface area contributed by atoms with Gasteiger partial charge in [0.25, 0.3) is 0 Å². The Hall–Kier alpha value is -1.05. The van der Waals surface area contributed by atoms with Crippen molar-refractivity contribution in [1.29, 1.82) is 5.26 Å². The van der Waals surface area contributed by atoms with Crippen LogP contribution in [0.4, 0.5) is 0 Å². The normalized spacial score (nSPS) is 10.7. The number of nitrogens with zero attached hydrogens (tertiary/aromatic N) is 2. The molecule has 98 valence electrons. The van der Waals surface area contributed by atoms with Crippen LogP contribution in [0.3, 0.4) is 0 Å². The zero-order chi connectivity index (χ0) is 13.8. The van der Waals surface area contributed by atoms with E-state index in [4.69, 9.17) is 28.5 Å². The molecule has 2 rings (SSSR count). The van der Waals surface area contributed by atoms with Crippen LogP contribution in [0.25, 0.3) is 0 Å². The number of hydrogen-bond donors (Lipinski definition) is 0. The van der Waals surface area contributed by atoms with Crippen molar-refractivity contribution in [3.63, 3.8) is 0 Å². The Morgan fingerprint density at radius 1 is 1.21 bits per heavy atom. The van der Waals surface area contributed by atoms with Gasteiger partial charge in [-0.05, 0) is 36.9 Å². The molecule has 0 N–H and O–H groups in total. The summed E-state index contributed by atoms with van der Waals surface area (Å²) in [6.07, 6.45) is 0. The SMILES string of the molecule is CN(Cc1ccc(Cl)s1)Cc1ccc(C#N)cc1Cl. The van der Waals surface area contributed by atoms with Gasteiger partial charge < -0.3 is 0 Å². The summed E-state index contributed by atoms with van der Waals surface area (Å²) in [5.74, 6) is 0. The van der Waals surface area contributed by atoms with E-state index in [1.165, 1.54) is 4.88 Å². The molecule has 1 heterocycles. The van der Waals surface area contributed by atoms with Crippen molar-refractivity contribution in [3.8, 4) is 6.07 Å². The molecule has 0 saturated carbocycles. The second kappa shape index (κ2) is 6.40. The Morgan fingerprint density at radius 2 is 2.00 bits per heavy atom. The van der Waals surface area contributed by atoms with Gasteiger partial charge in [0.2, 0.25) is 0 Å². The molecular weight excluding hydrogens is 299 g/mol. The minimum Gasteiger partial charge on any atom is -0.297 e. The molecule has 0 atom stereocenters. The van der Waals surface area contributed by atoms with Gasteiger partial charge in [-0.15, -0.1) is 11.3 Å². The Balaban J connectivity index is 2.03. The first-order chi connectivity index (χ1) is 9.08. The Morgan fingerprint density at radius 3 is 2.58 bits per heavy atom. The van der Waals surface area contributed by atoms with Gasteiger partial charge >= 0.3 is 0 Å². The number of thiophene rings is 1. The molecule has 19 heavy (non-hydrogen) atoms. The zero-order valence-electron chi connectivity index (χ0n) is 10.4. The monoisotopic (exact) mass is 310 g/mol. The van der Waals surface area contributed by atoms with Gasteiger partial charge in [-0.2, -0.15) is 5.26 Å². The van der Waals surface area contributed by atoms with Crippen molar-refractivity contribution >= 4 is 34.5 Å². The smallest absolute Gasteiger partial charge is 0.0992 e. The van der Waals surface area contributed by atoms with Gasteiger partial charge in [0, 0.05) is 23.0 Å². The number of benzene rings is 1. The molecule has 2 aromatic rings. The van der Waals surface area contributed by atoms with Crippen LogP contribution in [0.2, 0.25) is 9.36 Å². The topological polar surface area (TPSA) is 27.0 Å². The lowest BCUT2D eigenvalue weighted by Gasteiger charge is -2.16. The molecule has 0 aliphatic carbocycles. The molecule has 0 spiro atoms. The summed E-state index contributed by atoms with van der Waals surface area (Å²) in [6, 6.07) is 11.4. The van der Waals surface area contributed by atoms with E-state index in [-0.39, 0.29) is 0 Å². The van der Waals surface area contributed by atoms with Crippen molar-refractivity contribution in [2.75, 3.05) is 7.05 Å². The summed E-state index contributed by atoms with van der Waals surface area (Å²) < 4.78 is 0.805. The van der Waals surface area contributed by atoms with E-state index >= 15 is 0 Å². The van der Waals surface area contributed by atoms with Crippen LogP contribution in [0.15, 0.2) is 30.3 Å². The molecule has 0 unspecified atom stereocenters. The van der Waals surface area contributed by atoms with Crippen LogP contribution in [0, 0.1) is 11.3 Å². The summed E-state index contributed by atoms with van der Waals surface area (Å²) in [4.78, 5) is 3.38. The number of halogens is 2. The predicted octanol–water partition coefficient (Wildman–Crippen LogP) is 4.56. The highest BCUT2D eigenvalue weighted by Crippen LogP contribution is 2.24. The molecule has 0 bridgehead atoms. The first kappa shape index (κ1) is 14.4. The second-order valence-electron chi connectivity index (χ2n) is 4.30. The quantitative estimate of drug-likeness (QED) is 0.827. The highest BCUT2D eigenvalue weighted by molar-refractivity contribution is 7.16. The van der Waals surface area contributed by atoms with E-state index in [9.17, 15) is 0 Å². The third-order valence-corrected chi connectivity index (χ3v) is 4.24. The third-order valence-electron chi connectivity index (χ3n) is 2.68. The Kier molecular flexibility index (Phi) is 4.84. The van der Waals surface area contributed by atoms with Crippen molar-refractivity contribution in [2.24, 2.45) is 0 Å². The summed E-state index contributed by atoms with van der Waals surface area (Å²) in [7, 11) is 2.03. The largest absolute Gasteiger partial charge is 0.297 e. The van der Waals surface area contributed by atoms with E-state index in [2.05, 4.69) is 11.0 Å². The molecule has 1 aromatic heterocycles. The lowest BCUT2D eigenvalue weighted by Crippen LogP contribution is -2.16. The number of nitriles is 1. The average Bonchev–Trinajstić information content (AvgIpc) is 2.77. The Labute approximate surface area is 126 Å². The molecule has 0 aliphatic heterocycles. The zero-order valence-corrected chi connectivity index (χ0v) is 12.7. The van der Waals surface area contributed by atoms with Crippen molar-refractivity contribution in [1.82, 2.24) is 4.90 Å². The van der Waals surface area contributed by atoms with Gasteiger partial charge in [0.1, 0.15) is 0 Å². The van der Waals surface area contributed by atoms with E-state index < -0.39 is 0 Å².